The maximum absolute atomic E-state index is 12.8. The smallest absolute Gasteiger partial charge is 0.274 e. The van der Waals surface area contributed by atoms with Crippen LogP contribution in [0, 0.1) is 5.92 Å². The Bertz CT molecular complexity index is 531. The molecule has 1 N–H and O–H groups in total. The Kier molecular flexibility index (Phi) is 5.33. The highest BCUT2D eigenvalue weighted by atomic mass is 16.5. The number of hydrogen-bond donors (Lipinski definition) is 1. The van der Waals surface area contributed by atoms with Gasteiger partial charge in [0.15, 0.2) is 0 Å². The van der Waals surface area contributed by atoms with Crippen molar-refractivity contribution in [1.82, 2.24) is 14.7 Å². The maximum atomic E-state index is 12.8. The number of nitrogens with zero attached hydrogens (tertiary/aromatic N) is 3. The third kappa shape index (κ3) is 3.58. The van der Waals surface area contributed by atoms with Crippen LogP contribution in [0.4, 0.5) is 0 Å². The van der Waals surface area contributed by atoms with Gasteiger partial charge >= 0.3 is 0 Å². The molecular formula is C17H27N3O3. The lowest BCUT2D eigenvalue weighted by Gasteiger charge is -2.37. The Morgan fingerprint density at radius 3 is 2.96 bits per heavy atom. The van der Waals surface area contributed by atoms with Crippen molar-refractivity contribution >= 4 is 5.91 Å². The molecule has 1 aromatic rings. The second-order valence-electron chi connectivity index (χ2n) is 6.68. The molecule has 23 heavy (non-hydrogen) atoms. The molecule has 3 rings (SSSR count). The van der Waals surface area contributed by atoms with Crippen molar-refractivity contribution in [2.24, 2.45) is 5.92 Å². The number of likely N-dealkylation sites (tertiary alicyclic amines) is 1. The van der Waals surface area contributed by atoms with Crippen LogP contribution >= 0.6 is 0 Å². The van der Waals surface area contributed by atoms with Crippen molar-refractivity contribution in [3.63, 3.8) is 0 Å². The molecule has 0 aromatic carbocycles. The van der Waals surface area contributed by atoms with Gasteiger partial charge in [-0.2, -0.15) is 5.10 Å². The van der Waals surface area contributed by atoms with Gasteiger partial charge in [-0.05, 0) is 31.7 Å². The minimum Gasteiger partial charge on any atom is -0.393 e. The first-order valence-corrected chi connectivity index (χ1v) is 8.72. The SMILES string of the molecule is COCCn1ccc(C(=O)N2CCC[C@@H]2[C@@H]2CCCC[C@@H]2O)n1. The van der Waals surface area contributed by atoms with E-state index in [0.29, 0.717) is 18.8 Å². The normalized spacial score (nSPS) is 28.3. The van der Waals surface area contributed by atoms with Crippen molar-refractivity contribution in [2.75, 3.05) is 20.3 Å². The number of hydrogen-bond acceptors (Lipinski definition) is 4. The zero-order valence-electron chi connectivity index (χ0n) is 13.9. The Hall–Kier alpha value is -1.40. The van der Waals surface area contributed by atoms with Crippen molar-refractivity contribution < 1.29 is 14.6 Å². The van der Waals surface area contributed by atoms with Crippen LogP contribution in [0.2, 0.25) is 0 Å². The number of ether oxygens (including phenoxy) is 1. The highest BCUT2D eigenvalue weighted by molar-refractivity contribution is 5.92. The predicted molar refractivity (Wildman–Crippen MR) is 86.1 cm³/mol. The van der Waals surface area contributed by atoms with Gasteiger partial charge in [0.1, 0.15) is 5.69 Å². The van der Waals surface area contributed by atoms with E-state index in [1.807, 2.05) is 11.1 Å². The van der Waals surface area contributed by atoms with E-state index in [4.69, 9.17) is 4.74 Å². The van der Waals surface area contributed by atoms with Crippen LogP contribution in [-0.2, 0) is 11.3 Å². The Balaban J connectivity index is 1.69. The molecule has 6 nitrogen and oxygen atoms in total. The largest absolute Gasteiger partial charge is 0.393 e. The lowest BCUT2D eigenvalue weighted by molar-refractivity contribution is 0.0209. The van der Waals surface area contributed by atoms with Crippen LogP contribution in [0.15, 0.2) is 12.3 Å². The number of carbonyl (C=O) groups excluding carboxylic acids is 1. The van der Waals surface area contributed by atoms with E-state index in [9.17, 15) is 9.90 Å². The standard InChI is InChI=1S/C17H27N3O3/c1-23-12-11-19-10-8-14(18-19)17(22)20-9-4-6-15(20)13-5-2-3-7-16(13)21/h8,10,13,15-16,21H,2-7,9,11-12H2,1H3/t13-,15+,16-/m0/s1. The highest BCUT2D eigenvalue weighted by Gasteiger charge is 2.39. The fourth-order valence-electron chi connectivity index (χ4n) is 4.01. The third-order valence-electron chi connectivity index (χ3n) is 5.22. The summed E-state index contributed by atoms with van der Waals surface area (Å²) < 4.78 is 6.79. The van der Waals surface area contributed by atoms with Gasteiger partial charge in [-0.25, -0.2) is 0 Å². The zero-order chi connectivity index (χ0) is 16.2. The van der Waals surface area contributed by atoms with Crippen LogP contribution in [0.1, 0.15) is 49.0 Å². The van der Waals surface area contributed by atoms with Gasteiger partial charge < -0.3 is 14.7 Å². The summed E-state index contributed by atoms with van der Waals surface area (Å²) in [5.74, 6) is 0.229. The quantitative estimate of drug-likeness (QED) is 0.896. The number of aliphatic hydroxyl groups is 1. The van der Waals surface area contributed by atoms with Crippen molar-refractivity contribution in [3.05, 3.63) is 18.0 Å². The zero-order valence-corrected chi connectivity index (χ0v) is 13.9. The van der Waals surface area contributed by atoms with Gasteiger partial charge in [0, 0.05) is 31.8 Å². The van der Waals surface area contributed by atoms with E-state index in [0.717, 1.165) is 45.1 Å². The Morgan fingerprint density at radius 2 is 2.17 bits per heavy atom. The van der Waals surface area contributed by atoms with Crippen molar-refractivity contribution in [2.45, 2.75) is 57.2 Å². The fraction of sp³-hybridized carbons (Fsp3) is 0.765. The highest BCUT2D eigenvalue weighted by Crippen LogP contribution is 2.35. The molecule has 1 aromatic heterocycles. The number of carbonyl (C=O) groups is 1. The summed E-state index contributed by atoms with van der Waals surface area (Å²) in [6.45, 7) is 2.00. The van der Waals surface area contributed by atoms with Gasteiger partial charge in [-0.15, -0.1) is 0 Å². The molecule has 128 valence electrons. The summed E-state index contributed by atoms with van der Waals surface area (Å²) in [6.07, 6.45) is 7.73. The molecule has 1 saturated carbocycles. The topological polar surface area (TPSA) is 67.6 Å². The molecule has 1 aliphatic heterocycles. The molecule has 0 radical (unpaired) electrons. The molecular weight excluding hydrogens is 294 g/mol. The molecule has 0 spiro atoms. The molecule has 1 aliphatic carbocycles. The third-order valence-corrected chi connectivity index (χ3v) is 5.22. The number of methoxy groups -OCH3 is 1. The number of aliphatic hydroxyl groups excluding tert-OH is 1. The molecule has 6 heteroatoms. The van der Waals surface area contributed by atoms with Crippen molar-refractivity contribution in [3.8, 4) is 0 Å². The Morgan fingerprint density at radius 1 is 1.35 bits per heavy atom. The van der Waals surface area contributed by atoms with E-state index < -0.39 is 0 Å². The predicted octanol–water partition coefficient (Wildman–Crippen LogP) is 1.69. The van der Waals surface area contributed by atoms with Gasteiger partial charge in [0.25, 0.3) is 5.91 Å². The number of aromatic nitrogens is 2. The summed E-state index contributed by atoms with van der Waals surface area (Å²) in [5, 5.41) is 14.7. The average molecular weight is 321 g/mol. The maximum Gasteiger partial charge on any atom is 0.274 e. The van der Waals surface area contributed by atoms with Crippen LogP contribution < -0.4 is 0 Å². The van der Waals surface area contributed by atoms with Crippen LogP contribution in [0.25, 0.3) is 0 Å². The van der Waals surface area contributed by atoms with E-state index in [1.54, 1.807) is 17.9 Å². The first-order valence-electron chi connectivity index (χ1n) is 8.72. The minimum atomic E-state index is -0.263. The first kappa shape index (κ1) is 16.5. The molecule has 2 fully saturated rings. The van der Waals surface area contributed by atoms with E-state index in [1.165, 1.54) is 0 Å². The second-order valence-corrected chi connectivity index (χ2v) is 6.68. The lowest BCUT2D eigenvalue weighted by atomic mass is 9.80. The summed E-state index contributed by atoms with van der Waals surface area (Å²) in [6, 6.07) is 1.95. The summed E-state index contributed by atoms with van der Waals surface area (Å²) in [4.78, 5) is 14.8. The molecule has 0 unspecified atom stereocenters. The fourth-order valence-corrected chi connectivity index (χ4v) is 4.01. The number of amides is 1. The van der Waals surface area contributed by atoms with Crippen LogP contribution in [0.5, 0.6) is 0 Å². The van der Waals surface area contributed by atoms with Crippen molar-refractivity contribution in [1.29, 1.82) is 0 Å². The van der Waals surface area contributed by atoms with Gasteiger partial charge in [0.2, 0.25) is 0 Å². The lowest BCUT2D eigenvalue weighted by Crippen LogP contribution is -2.45. The first-order chi connectivity index (χ1) is 11.2. The van der Waals surface area contributed by atoms with Gasteiger partial charge in [0.05, 0.1) is 19.3 Å². The summed E-state index contributed by atoms with van der Waals surface area (Å²) in [5.41, 5.74) is 0.498. The monoisotopic (exact) mass is 321 g/mol. The van der Waals surface area contributed by atoms with E-state index >= 15 is 0 Å². The molecule has 2 heterocycles. The summed E-state index contributed by atoms with van der Waals surface area (Å²) in [7, 11) is 1.65. The molecule has 0 bridgehead atoms. The van der Waals surface area contributed by atoms with E-state index in [2.05, 4.69) is 5.10 Å². The average Bonchev–Trinajstić information content (AvgIpc) is 3.22. The molecule has 3 atom stereocenters. The number of rotatable bonds is 5. The molecule has 1 amide bonds. The van der Waals surface area contributed by atoms with Crippen LogP contribution in [-0.4, -0.2) is 58.1 Å². The Labute approximate surface area is 137 Å². The van der Waals surface area contributed by atoms with Crippen LogP contribution in [0.3, 0.4) is 0 Å². The second kappa shape index (κ2) is 7.45. The van der Waals surface area contributed by atoms with Gasteiger partial charge in [-0.1, -0.05) is 12.8 Å². The van der Waals surface area contributed by atoms with Gasteiger partial charge in [-0.3, -0.25) is 9.48 Å². The summed E-state index contributed by atoms with van der Waals surface area (Å²) >= 11 is 0. The molecule has 1 saturated heterocycles. The van der Waals surface area contributed by atoms with E-state index in [-0.39, 0.29) is 24.0 Å². The molecule has 2 aliphatic rings. The minimum absolute atomic E-state index is 0.00133.